The van der Waals surface area contributed by atoms with Crippen molar-refractivity contribution in [3.63, 3.8) is 0 Å². The molecule has 1 N–H and O–H groups in total. The predicted octanol–water partition coefficient (Wildman–Crippen LogP) is 2.02. The average Bonchev–Trinajstić information content (AvgIpc) is 2.29. The Bertz CT molecular complexity index is 324. The zero-order valence-corrected chi connectivity index (χ0v) is 7.57. The monoisotopic (exact) mass is 207 g/mol. The normalized spacial score (nSPS) is 10.8. The van der Waals surface area contributed by atoms with Gasteiger partial charge in [0.1, 0.15) is 5.01 Å². The van der Waals surface area contributed by atoms with Crippen LogP contribution < -0.4 is 0 Å². The summed E-state index contributed by atoms with van der Waals surface area (Å²) < 4.78 is 24.4. The van der Waals surface area contributed by atoms with Gasteiger partial charge in [-0.05, 0) is 6.92 Å². The van der Waals surface area contributed by atoms with Crippen LogP contribution in [0.4, 0.5) is 8.78 Å². The number of aliphatic carboxylic acids is 1. The van der Waals surface area contributed by atoms with Gasteiger partial charge in [-0.15, -0.1) is 11.3 Å². The fourth-order valence-corrected chi connectivity index (χ4v) is 1.79. The topological polar surface area (TPSA) is 50.2 Å². The van der Waals surface area contributed by atoms with Crippen molar-refractivity contribution in [2.75, 3.05) is 0 Å². The van der Waals surface area contributed by atoms with E-state index in [4.69, 9.17) is 5.11 Å². The molecule has 0 aliphatic carbocycles. The van der Waals surface area contributed by atoms with E-state index in [0.29, 0.717) is 0 Å². The summed E-state index contributed by atoms with van der Waals surface area (Å²) in [6, 6.07) is 0. The lowest BCUT2D eigenvalue weighted by Gasteiger charge is -1.91. The fraction of sp³-hybridized carbons (Fsp3) is 0.429. The molecule has 1 rings (SSSR count). The summed E-state index contributed by atoms with van der Waals surface area (Å²) in [5.74, 6) is -1.06. The largest absolute Gasteiger partial charge is 0.481 e. The Labute approximate surface area is 77.0 Å². The van der Waals surface area contributed by atoms with Crippen LogP contribution in [0.15, 0.2) is 0 Å². The van der Waals surface area contributed by atoms with Crippen LogP contribution >= 0.6 is 11.3 Å². The molecule has 0 aromatic carbocycles. The Morgan fingerprint density at radius 3 is 2.69 bits per heavy atom. The summed E-state index contributed by atoms with van der Waals surface area (Å²) in [6.07, 6.45) is -2.86. The SMILES string of the molecule is Cc1nc(CC(=O)O)sc1C(F)F. The Kier molecular flexibility index (Phi) is 2.92. The highest BCUT2D eigenvalue weighted by Gasteiger charge is 2.17. The molecule has 0 bridgehead atoms. The third kappa shape index (κ3) is 2.45. The van der Waals surface area contributed by atoms with Gasteiger partial charge in [0.05, 0.1) is 17.0 Å². The molecule has 0 saturated heterocycles. The van der Waals surface area contributed by atoms with Crippen LogP contribution in [0.3, 0.4) is 0 Å². The van der Waals surface area contributed by atoms with Crippen molar-refractivity contribution >= 4 is 17.3 Å². The molecule has 0 radical (unpaired) electrons. The first-order chi connectivity index (χ1) is 6.00. The number of thiazole rings is 1. The van der Waals surface area contributed by atoms with Gasteiger partial charge in [-0.25, -0.2) is 13.8 Å². The van der Waals surface area contributed by atoms with Crippen LogP contribution in [0.5, 0.6) is 0 Å². The quantitative estimate of drug-likeness (QED) is 0.824. The van der Waals surface area contributed by atoms with E-state index in [1.807, 2.05) is 0 Å². The van der Waals surface area contributed by atoms with Crippen LogP contribution in [0.25, 0.3) is 0 Å². The van der Waals surface area contributed by atoms with E-state index < -0.39 is 12.4 Å². The lowest BCUT2D eigenvalue weighted by molar-refractivity contribution is -0.136. The third-order valence-corrected chi connectivity index (χ3v) is 2.54. The molecule has 0 amide bonds. The highest BCUT2D eigenvalue weighted by molar-refractivity contribution is 7.11. The molecule has 1 heterocycles. The molecule has 6 heteroatoms. The lowest BCUT2D eigenvalue weighted by atomic mass is 10.4. The van der Waals surface area contributed by atoms with Gasteiger partial charge in [0.15, 0.2) is 0 Å². The maximum atomic E-state index is 12.2. The van der Waals surface area contributed by atoms with Crippen molar-refractivity contribution in [3.8, 4) is 0 Å². The smallest absolute Gasteiger partial charge is 0.310 e. The number of nitrogens with zero attached hydrogens (tertiary/aromatic N) is 1. The van der Waals surface area contributed by atoms with E-state index in [1.165, 1.54) is 6.92 Å². The zero-order chi connectivity index (χ0) is 10.0. The molecule has 0 fully saturated rings. The van der Waals surface area contributed by atoms with Crippen LogP contribution in [0.1, 0.15) is 22.0 Å². The van der Waals surface area contributed by atoms with Crippen molar-refractivity contribution in [2.24, 2.45) is 0 Å². The van der Waals surface area contributed by atoms with Crippen molar-refractivity contribution in [2.45, 2.75) is 19.8 Å². The Balaban J connectivity index is 2.88. The van der Waals surface area contributed by atoms with Crippen molar-refractivity contribution in [1.29, 1.82) is 0 Å². The molecule has 0 saturated carbocycles. The maximum absolute atomic E-state index is 12.2. The number of carboxylic acids is 1. The molecule has 0 unspecified atom stereocenters. The van der Waals surface area contributed by atoms with Gasteiger partial charge < -0.3 is 5.11 Å². The minimum atomic E-state index is -2.57. The molecule has 3 nitrogen and oxygen atoms in total. The molecule has 0 atom stereocenters. The minimum Gasteiger partial charge on any atom is -0.481 e. The van der Waals surface area contributed by atoms with Gasteiger partial charge in [0.2, 0.25) is 0 Å². The summed E-state index contributed by atoms with van der Waals surface area (Å²) >= 11 is 0.754. The zero-order valence-electron chi connectivity index (χ0n) is 6.75. The number of aryl methyl sites for hydroxylation is 1. The highest BCUT2D eigenvalue weighted by atomic mass is 32.1. The molecular formula is C7H7F2NO2S. The molecule has 0 aliphatic rings. The number of carboxylic acid groups (broad SMARTS) is 1. The van der Waals surface area contributed by atoms with Crippen LogP contribution in [-0.4, -0.2) is 16.1 Å². The van der Waals surface area contributed by atoms with Gasteiger partial charge in [0.25, 0.3) is 6.43 Å². The lowest BCUT2D eigenvalue weighted by Crippen LogP contribution is -1.98. The van der Waals surface area contributed by atoms with Gasteiger partial charge in [-0.3, -0.25) is 4.79 Å². The first kappa shape index (κ1) is 10.0. The van der Waals surface area contributed by atoms with E-state index in [-0.39, 0.29) is 22.0 Å². The summed E-state index contributed by atoms with van der Waals surface area (Å²) in [5, 5.41) is 8.61. The first-order valence-electron chi connectivity index (χ1n) is 3.47. The summed E-state index contributed by atoms with van der Waals surface area (Å²) in [6.45, 7) is 1.45. The van der Waals surface area contributed by atoms with Gasteiger partial charge >= 0.3 is 5.97 Å². The molecule has 1 aromatic rings. The summed E-state index contributed by atoms with van der Waals surface area (Å²) in [4.78, 5) is 13.8. The standard InChI is InChI=1S/C7H7F2NO2S/c1-3-6(7(8)9)13-4(10-3)2-5(11)12/h7H,2H2,1H3,(H,11,12). The third-order valence-electron chi connectivity index (χ3n) is 1.38. The number of hydrogen-bond acceptors (Lipinski definition) is 3. The fourth-order valence-electron chi connectivity index (χ4n) is 0.873. The van der Waals surface area contributed by atoms with Crippen molar-refractivity contribution < 1.29 is 18.7 Å². The number of aromatic nitrogens is 1. The van der Waals surface area contributed by atoms with Crippen LogP contribution in [0.2, 0.25) is 0 Å². The van der Waals surface area contributed by atoms with Gasteiger partial charge in [-0.2, -0.15) is 0 Å². The maximum Gasteiger partial charge on any atom is 0.310 e. The summed E-state index contributed by atoms with van der Waals surface area (Å²) in [5.41, 5.74) is 0.219. The molecule has 0 aliphatic heterocycles. The van der Waals surface area contributed by atoms with Crippen LogP contribution in [0, 0.1) is 6.92 Å². The second-order valence-corrected chi connectivity index (χ2v) is 3.54. The van der Waals surface area contributed by atoms with E-state index in [2.05, 4.69) is 4.98 Å². The Morgan fingerprint density at radius 1 is 1.69 bits per heavy atom. The van der Waals surface area contributed by atoms with Crippen LogP contribution in [-0.2, 0) is 11.2 Å². The summed E-state index contributed by atoms with van der Waals surface area (Å²) in [7, 11) is 0. The highest BCUT2D eigenvalue weighted by Crippen LogP contribution is 2.28. The first-order valence-corrected chi connectivity index (χ1v) is 4.28. The van der Waals surface area contributed by atoms with Gasteiger partial charge in [-0.1, -0.05) is 0 Å². The minimum absolute atomic E-state index is 0.142. The molecule has 72 valence electrons. The second kappa shape index (κ2) is 3.78. The average molecular weight is 207 g/mol. The van der Waals surface area contributed by atoms with Crippen molar-refractivity contribution in [1.82, 2.24) is 4.98 Å². The van der Waals surface area contributed by atoms with E-state index in [9.17, 15) is 13.6 Å². The number of halogens is 2. The Hall–Kier alpha value is -1.04. The number of rotatable bonds is 3. The number of hydrogen-bond donors (Lipinski definition) is 1. The van der Waals surface area contributed by atoms with Crippen molar-refractivity contribution in [3.05, 3.63) is 15.6 Å². The number of alkyl halides is 2. The molecule has 0 spiro atoms. The van der Waals surface area contributed by atoms with E-state index in [1.54, 1.807) is 0 Å². The second-order valence-electron chi connectivity index (χ2n) is 2.43. The molecule has 1 aromatic heterocycles. The van der Waals surface area contributed by atoms with Gasteiger partial charge in [0, 0.05) is 0 Å². The molecule has 13 heavy (non-hydrogen) atoms. The number of carbonyl (C=O) groups is 1. The van der Waals surface area contributed by atoms with E-state index in [0.717, 1.165) is 11.3 Å². The Morgan fingerprint density at radius 2 is 2.31 bits per heavy atom. The predicted molar refractivity (Wildman–Crippen MR) is 43.1 cm³/mol. The molecular weight excluding hydrogens is 200 g/mol. The van der Waals surface area contributed by atoms with E-state index >= 15 is 0 Å².